The monoisotopic (exact) mass is 253 g/mol. The topological polar surface area (TPSA) is 21.7 Å². The molecule has 0 aliphatic carbocycles. The molecule has 0 aromatic heterocycles. The predicted octanol–water partition coefficient (Wildman–Crippen LogP) is 1.37. The summed E-state index contributed by atoms with van der Waals surface area (Å²) in [7, 11) is 3.48. The highest BCUT2D eigenvalue weighted by Crippen LogP contribution is 1.94. The van der Waals surface area contributed by atoms with Crippen molar-refractivity contribution in [2.24, 2.45) is 0 Å². The smallest absolute Gasteiger partial charge is 0.0589 e. The third kappa shape index (κ3) is 8.68. The third-order valence-corrected chi connectivity index (χ3v) is 2.19. The van der Waals surface area contributed by atoms with Gasteiger partial charge in [0.2, 0.25) is 0 Å². The minimum absolute atomic E-state index is 0.806. The molecule has 0 unspecified atom stereocenters. The summed E-state index contributed by atoms with van der Waals surface area (Å²) in [5, 5.41) is 1.02. The Labute approximate surface area is 89.5 Å². The molecule has 0 fully saturated rings. The van der Waals surface area contributed by atoms with Gasteiger partial charge in [-0.05, 0) is 6.42 Å². The van der Waals surface area contributed by atoms with Crippen LogP contribution >= 0.6 is 15.9 Å². The molecule has 0 aliphatic heterocycles. The Morgan fingerprint density at radius 2 is 1.69 bits per heavy atom. The summed E-state index contributed by atoms with van der Waals surface area (Å²) in [5.41, 5.74) is 0. The highest BCUT2D eigenvalue weighted by molar-refractivity contribution is 9.09. The number of methoxy groups -OCH3 is 2. The maximum absolute atomic E-state index is 5.04. The summed E-state index contributed by atoms with van der Waals surface area (Å²) < 4.78 is 10.0. The van der Waals surface area contributed by atoms with Crippen molar-refractivity contribution in [1.29, 1.82) is 0 Å². The van der Waals surface area contributed by atoms with E-state index >= 15 is 0 Å². The van der Waals surface area contributed by atoms with Crippen LogP contribution in [0.3, 0.4) is 0 Å². The summed E-state index contributed by atoms with van der Waals surface area (Å²) in [5.74, 6) is 0. The number of halogens is 1. The first-order valence-corrected chi connectivity index (χ1v) is 5.73. The van der Waals surface area contributed by atoms with Crippen LogP contribution in [-0.2, 0) is 9.47 Å². The van der Waals surface area contributed by atoms with Gasteiger partial charge in [0.25, 0.3) is 0 Å². The molecule has 0 radical (unpaired) electrons. The number of alkyl halides is 1. The van der Waals surface area contributed by atoms with E-state index in [2.05, 4.69) is 20.8 Å². The van der Waals surface area contributed by atoms with E-state index in [9.17, 15) is 0 Å². The maximum atomic E-state index is 5.04. The number of ether oxygens (including phenoxy) is 2. The number of hydrogen-bond acceptors (Lipinski definition) is 3. The SMILES string of the molecule is COCCCN(CCBr)CCOC. The Balaban J connectivity index is 3.41. The molecule has 3 nitrogen and oxygen atoms in total. The lowest BCUT2D eigenvalue weighted by Gasteiger charge is -2.20. The first-order valence-electron chi connectivity index (χ1n) is 4.61. The molecular weight excluding hydrogens is 234 g/mol. The Morgan fingerprint density at radius 1 is 1.00 bits per heavy atom. The molecule has 0 amide bonds. The standard InChI is InChI=1S/C9H20BrNO2/c1-12-8-3-5-11(6-4-10)7-9-13-2/h3-9H2,1-2H3. The van der Waals surface area contributed by atoms with E-state index in [1.54, 1.807) is 14.2 Å². The van der Waals surface area contributed by atoms with Crippen molar-refractivity contribution < 1.29 is 9.47 Å². The lowest BCUT2D eigenvalue weighted by molar-refractivity contribution is 0.136. The average molecular weight is 254 g/mol. The van der Waals surface area contributed by atoms with Crippen LogP contribution in [0.15, 0.2) is 0 Å². The zero-order chi connectivity index (χ0) is 9.94. The highest BCUT2D eigenvalue weighted by atomic mass is 79.9. The van der Waals surface area contributed by atoms with Crippen molar-refractivity contribution >= 4 is 15.9 Å². The maximum Gasteiger partial charge on any atom is 0.0589 e. The number of nitrogens with zero attached hydrogens (tertiary/aromatic N) is 1. The zero-order valence-electron chi connectivity index (χ0n) is 8.59. The van der Waals surface area contributed by atoms with Crippen LogP contribution in [0.25, 0.3) is 0 Å². The van der Waals surface area contributed by atoms with Gasteiger partial charge in [0.05, 0.1) is 6.61 Å². The quantitative estimate of drug-likeness (QED) is 0.458. The van der Waals surface area contributed by atoms with Gasteiger partial charge < -0.3 is 14.4 Å². The lowest BCUT2D eigenvalue weighted by Crippen LogP contribution is -2.30. The lowest BCUT2D eigenvalue weighted by atomic mass is 10.4. The molecule has 0 aromatic rings. The van der Waals surface area contributed by atoms with Gasteiger partial charge in [0.15, 0.2) is 0 Å². The van der Waals surface area contributed by atoms with Crippen LogP contribution < -0.4 is 0 Å². The zero-order valence-corrected chi connectivity index (χ0v) is 10.2. The second-order valence-corrected chi connectivity index (χ2v) is 3.66. The number of hydrogen-bond donors (Lipinski definition) is 0. The van der Waals surface area contributed by atoms with Crippen LogP contribution in [0, 0.1) is 0 Å². The first kappa shape index (κ1) is 13.4. The van der Waals surface area contributed by atoms with Crippen molar-refractivity contribution in [2.75, 3.05) is 52.4 Å². The minimum atomic E-state index is 0.806. The fourth-order valence-corrected chi connectivity index (χ4v) is 1.61. The van der Waals surface area contributed by atoms with Crippen molar-refractivity contribution in [3.63, 3.8) is 0 Å². The second-order valence-electron chi connectivity index (χ2n) is 2.87. The van der Waals surface area contributed by atoms with E-state index in [1.807, 2.05) is 0 Å². The van der Waals surface area contributed by atoms with Gasteiger partial charge in [-0.15, -0.1) is 0 Å². The molecule has 0 aromatic carbocycles. The van der Waals surface area contributed by atoms with Gasteiger partial charge in [-0.2, -0.15) is 0 Å². The van der Waals surface area contributed by atoms with E-state index in [1.165, 1.54) is 0 Å². The fraction of sp³-hybridized carbons (Fsp3) is 1.00. The van der Waals surface area contributed by atoms with Crippen molar-refractivity contribution in [2.45, 2.75) is 6.42 Å². The molecule has 0 saturated carbocycles. The summed E-state index contributed by atoms with van der Waals surface area (Å²) >= 11 is 3.44. The Hall–Kier alpha value is 0.360. The normalized spacial score (nSPS) is 11.1. The molecule has 0 heterocycles. The molecule has 0 N–H and O–H groups in total. The van der Waals surface area contributed by atoms with Crippen molar-refractivity contribution in [3.8, 4) is 0 Å². The van der Waals surface area contributed by atoms with E-state index < -0.39 is 0 Å². The van der Waals surface area contributed by atoms with Crippen LogP contribution in [0.5, 0.6) is 0 Å². The van der Waals surface area contributed by atoms with Gasteiger partial charge in [-0.1, -0.05) is 15.9 Å². The third-order valence-electron chi connectivity index (χ3n) is 1.84. The molecule has 0 aliphatic rings. The van der Waals surface area contributed by atoms with E-state index in [-0.39, 0.29) is 0 Å². The van der Waals surface area contributed by atoms with Crippen molar-refractivity contribution in [3.05, 3.63) is 0 Å². The molecule has 0 rings (SSSR count). The van der Waals surface area contributed by atoms with Crippen molar-refractivity contribution in [1.82, 2.24) is 4.90 Å². The predicted molar refractivity (Wildman–Crippen MR) is 58.6 cm³/mol. The second kappa shape index (κ2) is 10.4. The molecule has 0 spiro atoms. The molecule has 4 heteroatoms. The van der Waals surface area contributed by atoms with Gasteiger partial charge >= 0.3 is 0 Å². The molecule has 80 valence electrons. The summed E-state index contributed by atoms with van der Waals surface area (Å²) in [6.07, 6.45) is 1.09. The van der Waals surface area contributed by atoms with Gasteiger partial charge in [-0.25, -0.2) is 0 Å². The van der Waals surface area contributed by atoms with E-state index in [4.69, 9.17) is 9.47 Å². The molecule has 0 bridgehead atoms. The highest BCUT2D eigenvalue weighted by Gasteiger charge is 2.02. The Bertz CT molecular complexity index is 104. The summed E-state index contributed by atoms with van der Waals surface area (Å²) in [6, 6.07) is 0. The fourth-order valence-electron chi connectivity index (χ4n) is 1.11. The van der Waals surface area contributed by atoms with Gasteiger partial charge in [0, 0.05) is 45.8 Å². The summed E-state index contributed by atoms with van der Waals surface area (Å²) in [6.45, 7) is 4.81. The van der Waals surface area contributed by atoms with Gasteiger partial charge in [0.1, 0.15) is 0 Å². The molecular formula is C9H20BrNO2. The minimum Gasteiger partial charge on any atom is -0.385 e. The first-order chi connectivity index (χ1) is 6.35. The van der Waals surface area contributed by atoms with Crippen LogP contribution in [-0.4, -0.2) is 57.3 Å². The van der Waals surface area contributed by atoms with Gasteiger partial charge in [-0.3, -0.25) is 0 Å². The Morgan fingerprint density at radius 3 is 2.23 bits per heavy atom. The van der Waals surface area contributed by atoms with E-state index in [0.717, 1.165) is 44.6 Å². The largest absolute Gasteiger partial charge is 0.385 e. The van der Waals surface area contributed by atoms with Crippen LogP contribution in [0.4, 0.5) is 0 Å². The van der Waals surface area contributed by atoms with Crippen LogP contribution in [0.2, 0.25) is 0 Å². The van der Waals surface area contributed by atoms with E-state index in [0.29, 0.717) is 0 Å². The molecule has 13 heavy (non-hydrogen) atoms. The molecule has 0 atom stereocenters. The number of rotatable bonds is 9. The molecule has 0 saturated heterocycles. The van der Waals surface area contributed by atoms with Crippen LogP contribution in [0.1, 0.15) is 6.42 Å². The summed E-state index contributed by atoms with van der Waals surface area (Å²) in [4.78, 5) is 2.37. The average Bonchev–Trinajstić information content (AvgIpc) is 2.14. The Kier molecular flexibility index (Phi) is 10.7.